The quantitative estimate of drug-likeness (QED) is 0.793. The van der Waals surface area contributed by atoms with E-state index in [0.717, 1.165) is 11.3 Å². The van der Waals surface area contributed by atoms with Gasteiger partial charge in [-0.2, -0.15) is 4.31 Å². The Balaban J connectivity index is 2.13. The fourth-order valence-electron chi connectivity index (χ4n) is 1.51. The van der Waals surface area contributed by atoms with Gasteiger partial charge in [-0.15, -0.1) is 10.2 Å². The number of nitrogens with one attached hydrogen (secondary N) is 1. The van der Waals surface area contributed by atoms with Crippen LogP contribution in [0.2, 0.25) is 0 Å². The van der Waals surface area contributed by atoms with Crippen LogP contribution in [0.4, 0.5) is 5.13 Å². The van der Waals surface area contributed by atoms with E-state index in [-0.39, 0.29) is 21.3 Å². The van der Waals surface area contributed by atoms with Gasteiger partial charge < -0.3 is 10.1 Å². The molecule has 8 nitrogen and oxygen atoms in total. The predicted molar refractivity (Wildman–Crippen MR) is 73.0 cm³/mol. The van der Waals surface area contributed by atoms with Crippen LogP contribution in [0.15, 0.2) is 4.34 Å². The SMILES string of the molecule is CC(C)C(=O)Nc1nnc(S(=O)(=O)N2CCOCC2)s1. The molecule has 1 fully saturated rings. The average molecular weight is 320 g/mol. The van der Waals surface area contributed by atoms with Crippen LogP contribution in [0.1, 0.15) is 13.8 Å². The van der Waals surface area contributed by atoms with E-state index in [4.69, 9.17) is 4.74 Å². The predicted octanol–water partition coefficient (Wildman–Crippen LogP) is 0.153. The average Bonchev–Trinajstić information content (AvgIpc) is 2.89. The molecule has 1 N–H and O–H groups in total. The van der Waals surface area contributed by atoms with Crippen LogP contribution in [0.25, 0.3) is 0 Å². The van der Waals surface area contributed by atoms with Crippen molar-refractivity contribution >= 4 is 32.4 Å². The number of hydrogen-bond acceptors (Lipinski definition) is 7. The zero-order valence-corrected chi connectivity index (χ0v) is 12.8. The summed E-state index contributed by atoms with van der Waals surface area (Å²) < 4.78 is 30.9. The number of hydrogen-bond donors (Lipinski definition) is 1. The maximum atomic E-state index is 12.3. The summed E-state index contributed by atoms with van der Waals surface area (Å²) >= 11 is 0.855. The summed E-state index contributed by atoms with van der Waals surface area (Å²) in [6.45, 7) is 4.82. The molecule has 0 atom stereocenters. The van der Waals surface area contributed by atoms with Crippen molar-refractivity contribution in [1.82, 2.24) is 14.5 Å². The number of rotatable bonds is 4. The monoisotopic (exact) mass is 320 g/mol. The number of carbonyl (C=O) groups is 1. The van der Waals surface area contributed by atoms with Gasteiger partial charge in [0.2, 0.25) is 15.4 Å². The van der Waals surface area contributed by atoms with Crippen LogP contribution in [-0.4, -0.2) is 55.1 Å². The van der Waals surface area contributed by atoms with Gasteiger partial charge in [-0.3, -0.25) is 4.79 Å². The minimum Gasteiger partial charge on any atom is -0.379 e. The van der Waals surface area contributed by atoms with E-state index in [1.54, 1.807) is 13.8 Å². The van der Waals surface area contributed by atoms with E-state index in [0.29, 0.717) is 26.3 Å². The van der Waals surface area contributed by atoms with Gasteiger partial charge in [0.15, 0.2) is 0 Å². The molecule has 0 aromatic carbocycles. The standard InChI is InChI=1S/C10H16N4O4S2/c1-7(2)8(15)11-9-12-13-10(19-9)20(16,17)14-3-5-18-6-4-14/h7H,3-6H2,1-2H3,(H,11,12,15). The Morgan fingerprint density at radius 1 is 1.35 bits per heavy atom. The maximum Gasteiger partial charge on any atom is 0.272 e. The summed E-state index contributed by atoms with van der Waals surface area (Å²) in [6, 6.07) is 0. The van der Waals surface area contributed by atoms with E-state index in [1.165, 1.54) is 4.31 Å². The molecule has 20 heavy (non-hydrogen) atoms. The molecule has 2 rings (SSSR count). The van der Waals surface area contributed by atoms with Crippen molar-refractivity contribution in [2.45, 2.75) is 18.2 Å². The lowest BCUT2D eigenvalue weighted by Crippen LogP contribution is -2.40. The number of amides is 1. The first-order valence-corrected chi connectivity index (χ1v) is 8.39. The topological polar surface area (TPSA) is 101 Å². The number of nitrogens with zero attached hydrogens (tertiary/aromatic N) is 3. The molecule has 0 unspecified atom stereocenters. The molecule has 0 saturated carbocycles. The molecule has 1 aliphatic heterocycles. The molecule has 112 valence electrons. The van der Waals surface area contributed by atoms with Gasteiger partial charge in [0.05, 0.1) is 13.2 Å². The second kappa shape index (κ2) is 6.12. The highest BCUT2D eigenvalue weighted by molar-refractivity contribution is 7.91. The minimum atomic E-state index is -3.65. The Morgan fingerprint density at radius 2 is 2.00 bits per heavy atom. The molecule has 1 aromatic rings. The lowest BCUT2D eigenvalue weighted by atomic mass is 10.2. The molecule has 1 aromatic heterocycles. The van der Waals surface area contributed by atoms with Crippen molar-refractivity contribution in [3.8, 4) is 0 Å². The molecule has 1 saturated heterocycles. The highest BCUT2D eigenvalue weighted by Crippen LogP contribution is 2.24. The van der Waals surface area contributed by atoms with Gasteiger partial charge >= 0.3 is 0 Å². The Labute approximate surface area is 121 Å². The zero-order valence-electron chi connectivity index (χ0n) is 11.2. The van der Waals surface area contributed by atoms with E-state index >= 15 is 0 Å². The number of sulfonamides is 1. The van der Waals surface area contributed by atoms with Crippen molar-refractivity contribution in [2.24, 2.45) is 5.92 Å². The second-order valence-electron chi connectivity index (χ2n) is 4.53. The smallest absolute Gasteiger partial charge is 0.272 e. The normalized spacial score (nSPS) is 17.4. The summed E-state index contributed by atoms with van der Waals surface area (Å²) in [5, 5.41) is 10.1. The van der Waals surface area contributed by atoms with Gasteiger partial charge in [-0.05, 0) is 0 Å². The third-order valence-corrected chi connectivity index (χ3v) is 5.77. The van der Waals surface area contributed by atoms with Gasteiger partial charge in [0.1, 0.15) is 0 Å². The number of anilines is 1. The number of ether oxygens (including phenoxy) is 1. The second-order valence-corrected chi connectivity index (χ2v) is 7.62. The van der Waals surface area contributed by atoms with E-state index in [2.05, 4.69) is 15.5 Å². The number of carbonyl (C=O) groups excluding carboxylic acids is 1. The van der Waals surface area contributed by atoms with E-state index in [1.807, 2.05) is 0 Å². The first kappa shape index (κ1) is 15.3. The Kier molecular flexibility index (Phi) is 4.68. The first-order chi connectivity index (χ1) is 9.41. The molecule has 2 heterocycles. The zero-order chi connectivity index (χ0) is 14.8. The molecule has 0 bridgehead atoms. The lowest BCUT2D eigenvalue weighted by Gasteiger charge is -2.24. The number of morpholine rings is 1. The summed E-state index contributed by atoms with van der Waals surface area (Å²) in [5.41, 5.74) is 0. The van der Waals surface area contributed by atoms with Crippen molar-refractivity contribution in [2.75, 3.05) is 31.6 Å². The van der Waals surface area contributed by atoms with Crippen LogP contribution < -0.4 is 5.32 Å². The van der Waals surface area contributed by atoms with Crippen molar-refractivity contribution in [1.29, 1.82) is 0 Å². The van der Waals surface area contributed by atoms with E-state index < -0.39 is 10.0 Å². The van der Waals surface area contributed by atoms with Crippen molar-refractivity contribution < 1.29 is 17.9 Å². The molecular formula is C10H16N4O4S2. The van der Waals surface area contributed by atoms with Crippen molar-refractivity contribution in [3.05, 3.63) is 0 Å². The van der Waals surface area contributed by atoms with E-state index in [9.17, 15) is 13.2 Å². The van der Waals surface area contributed by atoms with Crippen LogP contribution >= 0.6 is 11.3 Å². The third kappa shape index (κ3) is 3.32. The summed E-state index contributed by atoms with van der Waals surface area (Å²) in [7, 11) is -3.65. The summed E-state index contributed by atoms with van der Waals surface area (Å²) in [4.78, 5) is 11.5. The largest absolute Gasteiger partial charge is 0.379 e. The Hall–Kier alpha value is -1.10. The Bertz CT molecular complexity index is 578. The fourth-order valence-corrected chi connectivity index (χ4v) is 3.96. The first-order valence-electron chi connectivity index (χ1n) is 6.13. The molecule has 1 aliphatic rings. The fraction of sp³-hybridized carbons (Fsp3) is 0.700. The maximum absolute atomic E-state index is 12.3. The van der Waals surface area contributed by atoms with Gasteiger partial charge in [-0.25, -0.2) is 8.42 Å². The molecule has 0 spiro atoms. The molecular weight excluding hydrogens is 304 g/mol. The van der Waals surface area contributed by atoms with Crippen molar-refractivity contribution in [3.63, 3.8) is 0 Å². The van der Waals surface area contributed by atoms with Gasteiger partial charge in [0.25, 0.3) is 10.0 Å². The number of aromatic nitrogens is 2. The molecule has 1 amide bonds. The molecule has 0 radical (unpaired) electrons. The van der Waals surface area contributed by atoms with Gasteiger partial charge in [-0.1, -0.05) is 25.2 Å². The summed E-state index contributed by atoms with van der Waals surface area (Å²) in [5.74, 6) is -0.435. The van der Waals surface area contributed by atoms with Crippen LogP contribution in [0.3, 0.4) is 0 Å². The van der Waals surface area contributed by atoms with Crippen LogP contribution in [0, 0.1) is 5.92 Å². The molecule has 10 heteroatoms. The Morgan fingerprint density at radius 3 is 2.60 bits per heavy atom. The minimum absolute atomic E-state index is 0.113. The molecule has 0 aliphatic carbocycles. The highest BCUT2D eigenvalue weighted by Gasteiger charge is 2.30. The lowest BCUT2D eigenvalue weighted by molar-refractivity contribution is -0.118. The van der Waals surface area contributed by atoms with Crippen LogP contribution in [0.5, 0.6) is 0 Å². The van der Waals surface area contributed by atoms with Gasteiger partial charge in [0, 0.05) is 19.0 Å². The summed E-state index contributed by atoms with van der Waals surface area (Å²) in [6.07, 6.45) is 0. The highest BCUT2D eigenvalue weighted by atomic mass is 32.2. The van der Waals surface area contributed by atoms with Crippen LogP contribution in [-0.2, 0) is 19.6 Å². The third-order valence-electron chi connectivity index (χ3n) is 2.69.